The van der Waals surface area contributed by atoms with E-state index in [1.807, 2.05) is 0 Å². The quantitative estimate of drug-likeness (QED) is 0.851. The largest absolute Gasteiger partial charge is 0.311 e. The molecule has 0 spiro atoms. The second-order valence-corrected chi connectivity index (χ2v) is 6.21. The zero-order chi connectivity index (χ0) is 12.4. The molecule has 0 saturated heterocycles. The van der Waals surface area contributed by atoms with Crippen molar-refractivity contribution >= 4 is 0 Å². The van der Waals surface area contributed by atoms with Gasteiger partial charge >= 0.3 is 0 Å². The monoisotopic (exact) mass is 243 g/mol. The molecule has 18 heavy (non-hydrogen) atoms. The van der Waals surface area contributed by atoms with Crippen LogP contribution < -0.4 is 5.32 Å². The Balaban J connectivity index is 1.58. The summed E-state index contributed by atoms with van der Waals surface area (Å²) in [6.45, 7) is 2.34. The Morgan fingerprint density at radius 3 is 2.72 bits per heavy atom. The predicted octanol–water partition coefficient (Wildman–Crippen LogP) is 3.64. The summed E-state index contributed by atoms with van der Waals surface area (Å²) in [6, 6.07) is 8.56. The zero-order valence-corrected chi connectivity index (χ0v) is 11.5. The molecule has 1 aromatic rings. The normalized spacial score (nSPS) is 21.2. The first kappa shape index (κ1) is 12.2. The summed E-state index contributed by atoms with van der Waals surface area (Å²) in [5, 5.41) is 3.80. The lowest BCUT2D eigenvalue weighted by Crippen LogP contribution is -2.35. The third-order valence-electron chi connectivity index (χ3n) is 4.58. The van der Waals surface area contributed by atoms with Crippen LogP contribution in [0.15, 0.2) is 18.2 Å². The smallest absolute Gasteiger partial charge is 0.00817 e. The lowest BCUT2D eigenvalue weighted by Gasteiger charge is -2.19. The maximum atomic E-state index is 3.80. The molecule has 3 rings (SSSR count). The van der Waals surface area contributed by atoms with Gasteiger partial charge in [0.25, 0.3) is 0 Å². The van der Waals surface area contributed by atoms with E-state index in [9.17, 15) is 0 Å². The summed E-state index contributed by atoms with van der Waals surface area (Å²) in [6.07, 6.45) is 10.7. The van der Waals surface area contributed by atoms with E-state index in [0.717, 1.165) is 6.04 Å². The van der Waals surface area contributed by atoms with Crippen LogP contribution in [0.25, 0.3) is 0 Å². The molecule has 1 saturated carbocycles. The Bertz CT molecular complexity index is 404. The average Bonchev–Trinajstić information content (AvgIpc) is 2.98. The van der Waals surface area contributed by atoms with Crippen molar-refractivity contribution in [3.63, 3.8) is 0 Å². The molecule has 1 atom stereocenters. The SMILES string of the molecule is CC(Cc1ccc2c(c1)CCC2)NC1CCCC1. The van der Waals surface area contributed by atoms with Gasteiger partial charge in [0.1, 0.15) is 0 Å². The van der Waals surface area contributed by atoms with E-state index in [2.05, 4.69) is 30.4 Å². The zero-order valence-electron chi connectivity index (χ0n) is 11.5. The molecule has 0 bridgehead atoms. The van der Waals surface area contributed by atoms with Crippen molar-refractivity contribution in [2.75, 3.05) is 0 Å². The first-order valence-electron chi connectivity index (χ1n) is 7.68. The molecule has 1 aromatic carbocycles. The molecule has 2 aliphatic carbocycles. The van der Waals surface area contributed by atoms with Gasteiger partial charge in [-0.25, -0.2) is 0 Å². The maximum absolute atomic E-state index is 3.80. The van der Waals surface area contributed by atoms with Crippen molar-refractivity contribution in [2.24, 2.45) is 0 Å². The second-order valence-electron chi connectivity index (χ2n) is 6.21. The first-order chi connectivity index (χ1) is 8.81. The van der Waals surface area contributed by atoms with Crippen molar-refractivity contribution in [1.29, 1.82) is 0 Å². The van der Waals surface area contributed by atoms with Crippen LogP contribution in [-0.4, -0.2) is 12.1 Å². The Morgan fingerprint density at radius 1 is 1.11 bits per heavy atom. The van der Waals surface area contributed by atoms with Crippen LogP contribution in [0.1, 0.15) is 55.7 Å². The Labute approximate surface area is 111 Å². The maximum Gasteiger partial charge on any atom is 0.00817 e. The van der Waals surface area contributed by atoms with E-state index in [1.54, 1.807) is 11.1 Å². The fourth-order valence-corrected chi connectivity index (χ4v) is 3.66. The average molecular weight is 243 g/mol. The minimum atomic E-state index is 0.618. The standard InChI is InChI=1S/C17H25N/c1-13(18-17-7-2-3-8-17)11-14-9-10-15-5-4-6-16(15)12-14/h9-10,12-13,17-18H,2-8,11H2,1H3. The Morgan fingerprint density at radius 2 is 1.89 bits per heavy atom. The van der Waals surface area contributed by atoms with Gasteiger partial charge in [-0.15, -0.1) is 0 Å². The van der Waals surface area contributed by atoms with Crippen LogP contribution in [-0.2, 0) is 19.3 Å². The van der Waals surface area contributed by atoms with Gasteiger partial charge in [-0.1, -0.05) is 31.0 Å². The highest BCUT2D eigenvalue weighted by Crippen LogP contribution is 2.24. The Hall–Kier alpha value is -0.820. The number of hydrogen-bond acceptors (Lipinski definition) is 1. The summed E-state index contributed by atoms with van der Waals surface area (Å²) >= 11 is 0. The van der Waals surface area contributed by atoms with E-state index in [1.165, 1.54) is 56.9 Å². The van der Waals surface area contributed by atoms with Crippen LogP contribution in [0.2, 0.25) is 0 Å². The van der Waals surface area contributed by atoms with Crippen molar-refractivity contribution in [2.45, 2.75) is 70.4 Å². The molecule has 1 N–H and O–H groups in total. The summed E-state index contributed by atoms with van der Waals surface area (Å²) in [7, 11) is 0. The van der Waals surface area contributed by atoms with Gasteiger partial charge in [-0.2, -0.15) is 0 Å². The summed E-state index contributed by atoms with van der Waals surface area (Å²) in [4.78, 5) is 0. The van der Waals surface area contributed by atoms with Crippen LogP contribution >= 0.6 is 0 Å². The number of benzene rings is 1. The molecule has 0 heterocycles. The fourth-order valence-electron chi connectivity index (χ4n) is 3.66. The van der Waals surface area contributed by atoms with Gasteiger partial charge in [-0.3, -0.25) is 0 Å². The van der Waals surface area contributed by atoms with Crippen molar-refractivity contribution < 1.29 is 0 Å². The van der Waals surface area contributed by atoms with Gasteiger partial charge in [0.05, 0.1) is 0 Å². The molecular formula is C17H25N. The highest BCUT2D eigenvalue weighted by molar-refractivity contribution is 5.35. The van der Waals surface area contributed by atoms with Crippen molar-refractivity contribution in [1.82, 2.24) is 5.32 Å². The molecule has 2 aliphatic rings. The van der Waals surface area contributed by atoms with Gasteiger partial charge in [0.15, 0.2) is 0 Å². The van der Waals surface area contributed by atoms with E-state index >= 15 is 0 Å². The van der Waals surface area contributed by atoms with Crippen LogP contribution in [0, 0.1) is 0 Å². The van der Waals surface area contributed by atoms with E-state index in [-0.39, 0.29) is 0 Å². The molecule has 0 aliphatic heterocycles. The van der Waals surface area contributed by atoms with E-state index in [0.29, 0.717) is 6.04 Å². The van der Waals surface area contributed by atoms with Crippen LogP contribution in [0.3, 0.4) is 0 Å². The third-order valence-corrected chi connectivity index (χ3v) is 4.58. The highest BCUT2D eigenvalue weighted by atomic mass is 14.9. The van der Waals surface area contributed by atoms with Crippen molar-refractivity contribution in [3.05, 3.63) is 34.9 Å². The van der Waals surface area contributed by atoms with E-state index < -0.39 is 0 Å². The molecule has 1 fully saturated rings. The van der Waals surface area contributed by atoms with Crippen LogP contribution in [0.4, 0.5) is 0 Å². The second kappa shape index (κ2) is 5.44. The molecule has 1 heteroatoms. The van der Waals surface area contributed by atoms with Gasteiger partial charge in [-0.05, 0) is 62.1 Å². The first-order valence-corrected chi connectivity index (χ1v) is 7.68. The fraction of sp³-hybridized carbons (Fsp3) is 0.647. The molecule has 1 unspecified atom stereocenters. The number of rotatable bonds is 4. The molecule has 1 nitrogen and oxygen atoms in total. The van der Waals surface area contributed by atoms with Crippen LogP contribution in [0.5, 0.6) is 0 Å². The van der Waals surface area contributed by atoms with Gasteiger partial charge < -0.3 is 5.32 Å². The molecular weight excluding hydrogens is 218 g/mol. The summed E-state index contributed by atoms with van der Waals surface area (Å²) in [5.41, 5.74) is 4.73. The number of aryl methyl sites for hydroxylation is 2. The minimum Gasteiger partial charge on any atom is -0.311 e. The minimum absolute atomic E-state index is 0.618. The third kappa shape index (κ3) is 2.77. The number of nitrogens with one attached hydrogen (secondary N) is 1. The highest BCUT2D eigenvalue weighted by Gasteiger charge is 2.17. The van der Waals surface area contributed by atoms with Crippen molar-refractivity contribution in [3.8, 4) is 0 Å². The topological polar surface area (TPSA) is 12.0 Å². The molecule has 0 aromatic heterocycles. The van der Waals surface area contributed by atoms with Gasteiger partial charge in [0, 0.05) is 12.1 Å². The lowest BCUT2D eigenvalue weighted by molar-refractivity contribution is 0.448. The number of fused-ring (bicyclic) bond motifs is 1. The number of hydrogen-bond donors (Lipinski definition) is 1. The lowest BCUT2D eigenvalue weighted by atomic mass is 10.0. The summed E-state index contributed by atoms with van der Waals surface area (Å²) < 4.78 is 0. The molecule has 0 radical (unpaired) electrons. The van der Waals surface area contributed by atoms with E-state index in [4.69, 9.17) is 0 Å². The molecule has 0 amide bonds. The molecule has 98 valence electrons. The summed E-state index contributed by atoms with van der Waals surface area (Å²) in [5.74, 6) is 0. The Kier molecular flexibility index (Phi) is 3.69. The predicted molar refractivity (Wildman–Crippen MR) is 77.0 cm³/mol. The van der Waals surface area contributed by atoms with Gasteiger partial charge in [0.2, 0.25) is 0 Å².